The van der Waals surface area contributed by atoms with E-state index in [2.05, 4.69) is 15.7 Å². The molecule has 2 amide bonds. The number of hydrogen-bond acceptors (Lipinski definition) is 4. The Hall–Kier alpha value is -3.16. The minimum Gasteiger partial charge on any atom is -0.479 e. The summed E-state index contributed by atoms with van der Waals surface area (Å²) in [5.74, 6) is -1.58. The van der Waals surface area contributed by atoms with Gasteiger partial charge in [0.25, 0.3) is 0 Å². The number of amides is 2. The zero-order chi connectivity index (χ0) is 19.6. The zero-order valence-corrected chi connectivity index (χ0v) is 15.2. The molecule has 2 heterocycles. The van der Waals surface area contributed by atoms with E-state index in [1.807, 2.05) is 24.3 Å². The second kappa shape index (κ2) is 7.22. The van der Waals surface area contributed by atoms with Gasteiger partial charge in [-0.2, -0.15) is 5.10 Å². The summed E-state index contributed by atoms with van der Waals surface area (Å²) < 4.78 is 1.29. The topological polar surface area (TPSA) is 113 Å². The lowest BCUT2D eigenvalue weighted by atomic mass is 9.89. The molecule has 0 saturated carbocycles. The standard InChI is InChI=1S/C19H22N4O4/c1-19(2,18(26)27)23-11-14(10-20-23)21-16(24)8-7-13-9-12-5-3-4-6-15(12)22-17(13)25/h3-6,10-11,13H,7-9H2,1-2H3,(H,21,24)(H,22,25)(H,26,27). The fraction of sp³-hybridized carbons (Fsp3) is 0.368. The van der Waals surface area contributed by atoms with Crippen molar-refractivity contribution in [2.45, 2.75) is 38.6 Å². The number of carbonyl (C=O) groups excluding carboxylic acids is 2. The number of carbonyl (C=O) groups is 3. The highest BCUT2D eigenvalue weighted by molar-refractivity contribution is 5.96. The number of hydrogen-bond donors (Lipinski definition) is 3. The predicted molar refractivity (Wildman–Crippen MR) is 99.3 cm³/mol. The van der Waals surface area contributed by atoms with Crippen LogP contribution in [0.15, 0.2) is 36.7 Å². The fourth-order valence-electron chi connectivity index (χ4n) is 2.97. The molecule has 3 rings (SSSR count). The molecule has 0 aliphatic carbocycles. The maximum Gasteiger partial charge on any atom is 0.331 e. The summed E-state index contributed by atoms with van der Waals surface area (Å²) in [5.41, 5.74) is 1.11. The maximum absolute atomic E-state index is 12.2. The maximum atomic E-state index is 12.2. The molecule has 0 fully saturated rings. The molecule has 8 heteroatoms. The molecule has 2 aromatic rings. The van der Waals surface area contributed by atoms with Crippen LogP contribution >= 0.6 is 0 Å². The van der Waals surface area contributed by atoms with Crippen molar-refractivity contribution in [3.63, 3.8) is 0 Å². The van der Waals surface area contributed by atoms with Crippen LogP contribution in [0, 0.1) is 5.92 Å². The van der Waals surface area contributed by atoms with E-state index in [9.17, 15) is 19.5 Å². The molecule has 1 atom stereocenters. The summed E-state index contributed by atoms with van der Waals surface area (Å²) in [6, 6.07) is 7.64. The number of carboxylic acid groups (broad SMARTS) is 1. The quantitative estimate of drug-likeness (QED) is 0.722. The largest absolute Gasteiger partial charge is 0.479 e. The van der Waals surface area contributed by atoms with Crippen molar-refractivity contribution in [1.82, 2.24) is 9.78 Å². The average Bonchev–Trinajstić information content (AvgIpc) is 3.09. The molecular weight excluding hydrogens is 348 g/mol. The van der Waals surface area contributed by atoms with Crippen LogP contribution in [0.4, 0.5) is 11.4 Å². The Kier molecular flexibility index (Phi) is 4.98. The van der Waals surface area contributed by atoms with Gasteiger partial charge in [-0.25, -0.2) is 4.79 Å². The van der Waals surface area contributed by atoms with E-state index >= 15 is 0 Å². The first-order valence-corrected chi connectivity index (χ1v) is 8.74. The zero-order valence-electron chi connectivity index (χ0n) is 15.2. The Labute approximate surface area is 156 Å². The van der Waals surface area contributed by atoms with E-state index in [-0.39, 0.29) is 24.2 Å². The molecule has 27 heavy (non-hydrogen) atoms. The van der Waals surface area contributed by atoms with Crippen LogP contribution in [0.3, 0.4) is 0 Å². The molecule has 142 valence electrons. The number of rotatable bonds is 6. The van der Waals surface area contributed by atoms with Crippen molar-refractivity contribution in [3.8, 4) is 0 Å². The van der Waals surface area contributed by atoms with E-state index in [0.29, 0.717) is 18.5 Å². The van der Waals surface area contributed by atoms with Crippen LogP contribution in [0.2, 0.25) is 0 Å². The van der Waals surface area contributed by atoms with Gasteiger partial charge in [-0.3, -0.25) is 14.3 Å². The number of para-hydroxylation sites is 1. The Balaban J connectivity index is 1.56. The van der Waals surface area contributed by atoms with Crippen LogP contribution in [-0.4, -0.2) is 32.7 Å². The number of carboxylic acids is 1. The predicted octanol–water partition coefficient (Wildman–Crippen LogP) is 2.23. The summed E-state index contributed by atoms with van der Waals surface area (Å²) >= 11 is 0. The number of fused-ring (bicyclic) bond motifs is 1. The molecule has 1 aliphatic rings. The van der Waals surface area contributed by atoms with E-state index in [1.165, 1.54) is 30.9 Å². The Morgan fingerprint density at radius 2 is 2.11 bits per heavy atom. The van der Waals surface area contributed by atoms with Crippen molar-refractivity contribution in [2.24, 2.45) is 5.92 Å². The second-order valence-electron chi connectivity index (χ2n) is 7.17. The third-order valence-electron chi connectivity index (χ3n) is 4.79. The Bertz CT molecular complexity index is 887. The summed E-state index contributed by atoms with van der Waals surface area (Å²) in [7, 11) is 0. The van der Waals surface area contributed by atoms with Crippen LogP contribution < -0.4 is 10.6 Å². The fourth-order valence-corrected chi connectivity index (χ4v) is 2.97. The molecule has 3 N–H and O–H groups in total. The van der Waals surface area contributed by atoms with Crippen LogP contribution in [-0.2, 0) is 26.3 Å². The number of nitrogens with zero attached hydrogens (tertiary/aromatic N) is 2. The SMILES string of the molecule is CC(C)(C(=O)O)n1cc(NC(=O)CCC2Cc3ccccc3NC2=O)cn1. The normalized spacial score (nSPS) is 16.4. The third kappa shape index (κ3) is 3.99. The molecule has 0 saturated heterocycles. The lowest BCUT2D eigenvalue weighted by molar-refractivity contribution is -0.146. The highest BCUT2D eigenvalue weighted by Gasteiger charge is 2.30. The van der Waals surface area contributed by atoms with E-state index in [0.717, 1.165) is 11.3 Å². The molecule has 0 radical (unpaired) electrons. The average molecular weight is 370 g/mol. The van der Waals surface area contributed by atoms with Crippen molar-refractivity contribution >= 4 is 29.2 Å². The van der Waals surface area contributed by atoms with Crippen molar-refractivity contribution in [2.75, 3.05) is 10.6 Å². The molecule has 0 bridgehead atoms. The van der Waals surface area contributed by atoms with Gasteiger partial charge < -0.3 is 15.7 Å². The van der Waals surface area contributed by atoms with Gasteiger partial charge in [0.05, 0.1) is 11.9 Å². The minimum absolute atomic E-state index is 0.0717. The van der Waals surface area contributed by atoms with Gasteiger partial charge in [-0.05, 0) is 38.3 Å². The molecule has 1 aromatic heterocycles. The van der Waals surface area contributed by atoms with Gasteiger partial charge in [-0.15, -0.1) is 0 Å². The van der Waals surface area contributed by atoms with Gasteiger partial charge >= 0.3 is 5.97 Å². The van der Waals surface area contributed by atoms with Crippen molar-refractivity contribution in [3.05, 3.63) is 42.2 Å². The number of anilines is 2. The van der Waals surface area contributed by atoms with Crippen molar-refractivity contribution in [1.29, 1.82) is 0 Å². The van der Waals surface area contributed by atoms with Crippen LogP contribution in [0.5, 0.6) is 0 Å². The van der Waals surface area contributed by atoms with Gasteiger partial charge in [0, 0.05) is 24.2 Å². The van der Waals surface area contributed by atoms with E-state index in [4.69, 9.17) is 0 Å². The second-order valence-corrected chi connectivity index (χ2v) is 7.17. The first-order valence-electron chi connectivity index (χ1n) is 8.74. The summed E-state index contributed by atoms with van der Waals surface area (Å²) in [5, 5.41) is 18.8. The minimum atomic E-state index is -1.21. The summed E-state index contributed by atoms with van der Waals surface area (Å²) in [6.45, 7) is 3.04. The van der Waals surface area contributed by atoms with Crippen LogP contribution in [0.1, 0.15) is 32.3 Å². The van der Waals surface area contributed by atoms with Crippen molar-refractivity contribution < 1.29 is 19.5 Å². The number of benzene rings is 1. The number of aromatic nitrogens is 2. The lowest BCUT2D eigenvalue weighted by Crippen LogP contribution is -2.35. The Morgan fingerprint density at radius 1 is 1.37 bits per heavy atom. The molecule has 1 aromatic carbocycles. The van der Waals surface area contributed by atoms with Gasteiger partial charge in [0.1, 0.15) is 0 Å². The monoisotopic (exact) mass is 370 g/mol. The molecule has 1 aliphatic heterocycles. The lowest BCUT2D eigenvalue weighted by Gasteiger charge is -2.24. The number of aliphatic carboxylic acids is 1. The smallest absolute Gasteiger partial charge is 0.331 e. The summed E-state index contributed by atoms with van der Waals surface area (Å²) in [4.78, 5) is 35.7. The Morgan fingerprint density at radius 3 is 2.85 bits per heavy atom. The molecule has 8 nitrogen and oxygen atoms in total. The molecule has 0 spiro atoms. The highest BCUT2D eigenvalue weighted by atomic mass is 16.4. The van der Waals surface area contributed by atoms with Gasteiger partial charge in [0.2, 0.25) is 11.8 Å². The van der Waals surface area contributed by atoms with E-state index in [1.54, 1.807) is 0 Å². The van der Waals surface area contributed by atoms with Gasteiger partial charge in [0.15, 0.2) is 5.54 Å². The molecular formula is C19H22N4O4. The van der Waals surface area contributed by atoms with Crippen LogP contribution in [0.25, 0.3) is 0 Å². The summed E-state index contributed by atoms with van der Waals surface area (Å²) in [6.07, 6.45) is 4.12. The molecule has 1 unspecified atom stereocenters. The number of nitrogens with one attached hydrogen (secondary N) is 2. The van der Waals surface area contributed by atoms with E-state index < -0.39 is 11.5 Å². The third-order valence-corrected chi connectivity index (χ3v) is 4.79. The van der Waals surface area contributed by atoms with Gasteiger partial charge in [-0.1, -0.05) is 18.2 Å². The highest BCUT2D eigenvalue weighted by Crippen LogP contribution is 2.27. The first-order chi connectivity index (χ1) is 12.8. The first kappa shape index (κ1) is 18.6.